The second-order valence-corrected chi connectivity index (χ2v) is 11.8. The van der Waals surface area contributed by atoms with Crippen LogP contribution in [0.1, 0.15) is 22.3 Å². The Hall–Kier alpha value is -4.16. The summed E-state index contributed by atoms with van der Waals surface area (Å²) in [6, 6.07) is 24.9. The Morgan fingerprint density at radius 2 is 1.49 bits per heavy atom. The number of benzene rings is 4. The highest BCUT2D eigenvalue weighted by atomic mass is 127. The second-order valence-electron chi connectivity index (χ2n) is 9.68. The molecular formula is C33H26BrIN2O6. The predicted molar refractivity (Wildman–Crippen MR) is 175 cm³/mol. The summed E-state index contributed by atoms with van der Waals surface area (Å²) in [6.07, 6.45) is 1.43. The Morgan fingerprint density at radius 3 is 2.14 bits per heavy atom. The summed E-state index contributed by atoms with van der Waals surface area (Å²) >= 11 is 5.54. The molecule has 1 N–H and O–H groups in total. The number of carbonyl (C=O) groups excluding carboxylic acids is 3. The lowest BCUT2D eigenvalue weighted by Gasteiger charge is -2.26. The average molecular weight is 753 g/mol. The van der Waals surface area contributed by atoms with Gasteiger partial charge in [0.2, 0.25) is 0 Å². The number of hydrogen-bond donors (Lipinski definition) is 1. The molecule has 0 atom stereocenters. The molecule has 5 rings (SSSR count). The van der Waals surface area contributed by atoms with Crippen molar-refractivity contribution in [3.8, 4) is 17.2 Å². The quantitative estimate of drug-likeness (QED) is 0.111. The molecule has 0 spiro atoms. The molecule has 10 heteroatoms. The van der Waals surface area contributed by atoms with E-state index < -0.39 is 17.8 Å². The van der Waals surface area contributed by atoms with Gasteiger partial charge in [0.1, 0.15) is 24.5 Å². The van der Waals surface area contributed by atoms with Crippen LogP contribution in [0.15, 0.2) is 95.0 Å². The van der Waals surface area contributed by atoms with Crippen LogP contribution in [-0.4, -0.2) is 25.0 Å². The minimum absolute atomic E-state index is 0.194. The number of imide groups is 2. The monoisotopic (exact) mass is 752 g/mol. The average Bonchev–Trinajstić information content (AvgIpc) is 2.99. The van der Waals surface area contributed by atoms with Crippen LogP contribution in [0.25, 0.3) is 6.08 Å². The van der Waals surface area contributed by atoms with Crippen molar-refractivity contribution < 1.29 is 28.6 Å². The zero-order valence-electron chi connectivity index (χ0n) is 23.2. The van der Waals surface area contributed by atoms with E-state index in [2.05, 4.69) is 43.8 Å². The standard InChI is InChI=1S/C33H26BrIN2O6/c1-20-3-5-21(6-4-20)18-42-26-13-11-25(12-14-26)37-32(39)27(31(38)36-33(37)40)15-23-16-28(35)30(29(17-23)41-2)43-19-22-7-9-24(34)10-8-22/h3-17H,18-19H2,1-2H3,(H,36,38,40)/b27-15+. The van der Waals surface area contributed by atoms with E-state index in [1.54, 1.807) is 36.4 Å². The largest absolute Gasteiger partial charge is 0.493 e. The molecule has 4 aromatic carbocycles. The van der Waals surface area contributed by atoms with Crippen molar-refractivity contribution in [3.05, 3.63) is 121 Å². The van der Waals surface area contributed by atoms with E-state index >= 15 is 0 Å². The number of carbonyl (C=O) groups is 3. The van der Waals surface area contributed by atoms with Crippen LogP contribution in [0.5, 0.6) is 17.2 Å². The number of nitrogens with one attached hydrogen (secondary N) is 1. The molecule has 8 nitrogen and oxygen atoms in total. The van der Waals surface area contributed by atoms with E-state index in [1.165, 1.54) is 13.2 Å². The number of amides is 4. The van der Waals surface area contributed by atoms with Crippen molar-refractivity contribution in [3.63, 3.8) is 0 Å². The molecule has 1 heterocycles. The third-order valence-electron chi connectivity index (χ3n) is 6.58. The molecule has 1 aliphatic rings. The number of halogens is 2. The van der Waals surface area contributed by atoms with Gasteiger partial charge in [-0.05, 0) is 101 Å². The van der Waals surface area contributed by atoms with Gasteiger partial charge in [0.15, 0.2) is 11.5 Å². The summed E-state index contributed by atoms with van der Waals surface area (Å²) in [6.45, 7) is 2.72. The molecule has 1 aliphatic heterocycles. The molecule has 0 radical (unpaired) electrons. The highest BCUT2D eigenvalue weighted by molar-refractivity contribution is 14.1. The zero-order chi connectivity index (χ0) is 30.5. The van der Waals surface area contributed by atoms with Gasteiger partial charge in [-0.3, -0.25) is 14.9 Å². The van der Waals surface area contributed by atoms with Gasteiger partial charge in [-0.15, -0.1) is 0 Å². The van der Waals surface area contributed by atoms with E-state index in [0.29, 0.717) is 41.7 Å². The molecule has 0 unspecified atom stereocenters. The van der Waals surface area contributed by atoms with E-state index in [-0.39, 0.29) is 5.57 Å². The van der Waals surface area contributed by atoms with Crippen LogP contribution in [0.2, 0.25) is 0 Å². The highest BCUT2D eigenvalue weighted by Gasteiger charge is 2.37. The fourth-order valence-corrected chi connectivity index (χ4v) is 5.35. The van der Waals surface area contributed by atoms with Crippen LogP contribution in [0, 0.1) is 10.5 Å². The minimum Gasteiger partial charge on any atom is -0.493 e. The summed E-state index contributed by atoms with van der Waals surface area (Å²) in [7, 11) is 1.52. The highest BCUT2D eigenvalue weighted by Crippen LogP contribution is 2.36. The number of methoxy groups -OCH3 is 1. The van der Waals surface area contributed by atoms with Gasteiger partial charge in [-0.1, -0.05) is 57.9 Å². The first-order valence-electron chi connectivity index (χ1n) is 13.2. The molecule has 0 bridgehead atoms. The number of anilines is 1. The fraction of sp³-hybridized carbons (Fsp3) is 0.121. The topological polar surface area (TPSA) is 94.2 Å². The number of aryl methyl sites for hydroxylation is 1. The maximum Gasteiger partial charge on any atom is 0.335 e. The number of nitrogens with zero attached hydrogens (tertiary/aromatic N) is 1. The van der Waals surface area contributed by atoms with Gasteiger partial charge in [0.25, 0.3) is 11.8 Å². The van der Waals surface area contributed by atoms with Gasteiger partial charge in [-0.2, -0.15) is 0 Å². The van der Waals surface area contributed by atoms with Gasteiger partial charge in [-0.25, -0.2) is 9.69 Å². The summed E-state index contributed by atoms with van der Waals surface area (Å²) in [5.74, 6) is 0.0216. The van der Waals surface area contributed by atoms with E-state index in [9.17, 15) is 14.4 Å². The molecule has 4 amide bonds. The number of hydrogen-bond acceptors (Lipinski definition) is 6. The van der Waals surface area contributed by atoms with Crippen molar-refractivity contribution in [2.75, 3.05) is 12.0 Å². The molecule has 218 valence electrons. The normalized spacial score (nSPS) is 14.1. The molecule has 0 aliphatic carbocycles. The molecule has 0 aromatic heterocycles. The molecular weight excluding hydrogens is 727 g/mol. The first-order chi connectivity index (χ1) is 20.7. The maximum absolute atomic E-state index is 13.4. The summed E-state index contributed by atoms with van der Waals surface area (Å²) in [5, 5.41) is 2.26. The number of urea groups is 1. The Morgan fingerprint density at radius 1 is 0.860 bits per heavy atom. The fourth-order valence-electron chi connectivity index (χ4n) is 4.30. The first-order valence-corrected chi connectivity index (χ1v) is 15.0. The number of ether oxygens (including phenoxy) is 3. The Balaban J connectivity index is 1.33. The van der Waals surface area contributed by atoms with E-state index in [0.717, 1.165) is 29.6 Å². The number of rotatable bonds is 9. The lowest BCUT2D eigenvalue weighted by Crippen LogP contribution is -2.54. The Labute approximate surface area is 270 Å². The van der Waals surface area contributed by atoms with Crippen molar-refractivity contribution in [1.82, 2.24) is 5.32 Å². The van der Waals surface area contributed by atoms with Gasteiger partial charge >= 0.3 is 6.03 Å². The second kappa shape index (κ2) is 13.4. The van der Waals surface area contributed by atoms with Crippen LogP contribution >= 0.6 is 38.5 Å². The minimum atomic E-state index is -0.829. The van der Waals surface area contributed by atoms with Crippen LogP contribution in [-0.2, 0) is 22.8 Å². The van der Waals surface area contributed by atoms with Crippen molar-refractivity contribution >= 4 is 68.1 Å². The van der Waals surface area contributed by atoms with Gasteiger partial charge in [0, 0.05) is 4.47 Å². The SMILES string of the molecule is COc1cc(/C=C2\C(=O)NC(=O)N(c3ccc(OCc4ccc(C)cc4)cc3)C2=O)cc(I)c1OCc1ccc(Br)cc1. The first kappa shape index (κ1) is 30.3. The van der Waals surface area contributed by atoms with E-state index in [1.807, 2.05) is 55.5 Å². The van der Waals surface area contributed by atoms with Gasteiger partial charge in [0.05, 0.1) is 16.4 Å². The zero-order valence-corrected chi connectivity index (χ0v) is 27.0. The summed E-state index contributed by atoms with van der Waals surface area (Å²) in [4.78, 5) is 39.8. The molecule has 0 saturated carbocycles. The predicted octanol–water partition coefficient (Wildman–Crippen LogP) is 7.20. The van der Waals surface area contributed by atoms with Crippen molar-refractivity contribution in [2.45, 2.75) is 20.1 Å². The lowest BCUT2D eigenvalue weighted by molar-refractivity contribution is -0.122. The maximum atomic E-state index is 13.4. The molecule has 43 heavy (non-hydrogen) atoms. The number of barbiturate groups is 1. The lowest BCUT2D eigenvalue weighted by atomic mass is 10.1. The summed E-state index contributed by atoms with van der Waals surface area (Å²) in [5.41, 5.74) is 3.80. The third kappa shape index (κ3) is 7.26. The van der Waals surface area contributed by atoms with Crippen LogP contribution in [0.3, 0.4) is 0 Å². The van der Waals surface area contributed by atoms with Crippen molar-refractivity contribution in [1.29, 1.82) is 0 Å². The van der Waals surface area contributed by atoms with Crippen LogP contribution in [0.4, 0.5) is 10.5 Å². The Kier molecular flexibility index (Phi) is 9.46. The third-order valence-corrected chi connectivity index (χ3v) is 7.91. The van der Waals surface area contributed by atoms with Gasteiger partial charge < -0.3 is 14.2 Å². The molecule has 4 aromatic rings. The van der Waals surface area contributed by atoms with Crippen molar-refractivity contribution in [2.24, 2.45) is 0 Å². The smallest absolute Gasteiger partial charge is 0.335 e. The molecule has 1 fully saturated rings. The molecule has 1 saturated heterocycles. The van der Waals surface area contributed by atoms with E-state index in [4.69, 9.17) is 14.2 Å². The summed E-state index contributed by atoms with van der Waals surface area (Å²) < 4.78 is 19.1. The Bertz CT molecular complexity index is 1700. The van der Waals surface area contributed by atoms with Crippen LogP contribution < -0.4 is 24.4 Å².